The van der Waals surface area contributed by atoms with Crippen LogP contribution < -0.4 is 10.6 Å². The number of aliphatic imine (C=N–C) groups is 1. The van der Waals surface area contributed by atoms with Gasteiger partial charge >= 0.3 is 0 Å². The van der Waals surface area contributed by atoms with Gasteiger partial charge in [-0.25, -0.2) is 4.39 Å². The summed E-state index contributed by atoms with van der Waals surface area (Å²) in [6.07, 6.45) is 2.19. The first-order valence-electron chi connectivity index (χ1n) is 10.3. The molecule has 1 aromatic rings. The summed E-state index contributed by atoms with van der Waals surface area (Å²) in [6.45, 7) is 8.14. The summed E-state index contributed by atoms with van der Waals surface area (Å²) in [7, 11) is 1.73. The fourth-order valence-corrected chi connectivity index (χ4v) is 4.32. The zero-order valence-electron chi connectivity index (χ0n) is 17.9. The molecule has 0 radical (unpaired) electrons. The van der Waals surface area contributed by atoms with Crippen LogP contribution in [0.3, 0.4) is 0 Å². The van der Waals surface area contributed by atoms with Crippen LogP contribution >= 0.6 is 35.6 Å². The highest BCUT2D eigenvalue weighted by atomic mass is 127. The summed E-state index contributed by atoms with van der Waals surface area (Å²) in [5, 5.41) is 7.13. The number of hydrogen-bond acceptors (Lipinski definition) is 4. The number of hydrogen-bond donors (Lipinski definition) is 2. The molecular formula is C21H33ClFIN4O2. The maximum atomic E-state index is 14.7. The standard InChI is InChI=1S/C21H32ClFN4O2.HI/c1-15-13-27(9-11-28-15)18(19-16(22)6-4-7-17(19)23)12-25-20(24-3)26-14-21(2)8-5-10-29-21;/h4,6-7,15,18H,5,8-14H2,1-3H3,(H2,24,25,26);1H. The molecule has 30 heavy (non-hydrogen) atoms. The van der Waals surface area contributed by atoms with Crippen molar-refractivity contribution in [1.82, 2.24) is 15.5 Å². The smallest absolute Gasteiger partial charge is 0.191 e. The van der Waals surface area contributed by atoms with Gasteiger partial charge in [0.2, 0.25) is 0 Å². The van der Waals surface area contributed by atoms with Crippen LogP contribution in [0.5, 0.6) is 0 Å². The van der Waals surface area contributed by atoms with E-state index in [0.29, 0.717) is 36.2 Å². The van der Waals surface area contributed by atoms with Crippen molar-refractivity contribution in [2.24, 2.45) is 4.99 Å². The topological polar surface area (TPSA) is 58.1 Å². The molecule has 0 saturated carbocycles. The zero-order chi connectivity index (χ0) is 20.9. The number of nitrogens with one attached hydrogen (secondary N) is 2. The highest BCUT2D eigenvalue weighted by molar-refractivity contribution is 14.0. The lowest BCUT2D eigenvalue weighted by Crippen LogP contribution is -2.50. The molecule has 2 saturated heterocycles. The highest BCUT2D eigenvalue weighted by Gasteiger charge is 2.31. The van der Waals surface area contributed by atoms with Crippen LogP contribution in [0, 0.1) is 5.82 Å². The molecule has 0 amide bonds. The van der Waals surface area contributed by atoms with Crippen LogP contribution in [-0.4, -0.2) is 69.0 Å². The molecule has 0 aliphatic carbocycles. The van der Waals surface area contributed by atoms with Crippen molar-refractivity contribution < 1.29 is 13.9 Å². The fraction of sp³-hybridized carbons (Fsp3) is 0.667. The Hall–Kier alpha value is -0.680. The van der Waals surface area contributed by atoms with Crippen molar-refractivity contribution in [3.8, 4) is 0 Å². The summed E-state index contributed by atoms with van der Waals surface area (Å²) in [6, 6.07) is 4.61. The van der Waals surface area contributed by atoms with Crippen LogP contribution in [0.25, 0.3) is 0 Å². The molecule has 3 rings (SSSR count). The van der Waals surface area contributed by atoms with Crippen LogP contribution in [0.2, 0.25) is 5.02 Å². The maximum absolute atomic E-state index is 14.7. The first kappa shape index (κ1) is 25.6. The Morgan fingerprint density at radius 1 is 1.40 bits per heavy atom. The maximum Gasteiger partial charge on any atom is 0.191 e. The predicted octanol–water partition coefficient (Wildman–Crippen LogP) is 3.59. The van der Waals surface area contributed by atoms with Crippen molar-refractivity contribution in [3.05, 3.63) is 34.6 Å². The second kappa shape index (κ2) is 11.8. The molecule has 2 aliphatic heterocycles. The molecule has 3 unspecified atom stereocenters. The minimum Gasteiger partial charge on any atom is -0.376 e. The van der Waals surface area contributed by atoms with E-state index >= 15 is 0 Å². The SMILES string of the molecule is CN=C(NCC(c1c(F)cccc1Cl)N1CCOC(C)C1)NCC1(C)CCCO1.I. The zero-order valence-corrected chi connectivity index (χ0v) is 21.0. The van der Waals surface area contributed by atoms with E-state index in [0.717, 1.165) is 32.5 Å². The Balaban J connectivity index is 0.00000320. The molecule has 0 aromatic heterocycles. The normalized spacial score (nSPS) is 26.2. The first-order valence-corrected chi connectivity index (χ1v) is 10.7. The van der Waals surface area contributed by atoms with Gasteiger partial charge in [0.15, 0.2) is 5.96 Å². The van der Waals surface area contributed by atoms with E-state index in [4.69, 9.17) is 21.1 Å². The summed E-state index contributed by atoms with van der Waals surface area (Å²) in [5.74, 6) is 0.374. The van der Waals surface area contributed by atoms with Gasteiger partial charge in [-0.15, -0.1) is 24.0 Å². The number of rotatable bonds is 6. The molecule has 1 aromatic carbocycles. The van der Waals surface area contributed by atoms with Crippen molar-refractivity contribution in [3.63, 3.8) is 0 Å². The fourth-order valence-electron chi connectivity index (χ4n) is 4.03. The van der Waals surface area contributed by atoms with Crippen LogP contribution in [0.4, 0.5) is 4.39 Å². The van der Waals surface area contributed by atoms with Crippen molar-refractivity contribution in [2.45, 2.75) is 44.4 Å². The summed E-state index contributed by atoms with van der Waals surface area (Å²) in [4.78, 5) is 6.54. The van der Waals surface area contributed by atoms with E-state index in [9.17, 15) is 4.39 Å². The Morgan fingerprint density at radius 3 is 2.83 bits per heavy atom. The van der Waals surface area contributed by atoms with Gasteiger partial charge in [0.25, 0.3) is 0 Å². The average Bonchev–Trinajstić information content (AvgIpc) is 3.13. The number of nitrogens with zero attached hydrogens (tertiary/aromatic N) is 2. The average molecular weight is 555 g/mol. The molecular weight excluding hydrogens is 522 g/mol. The number of halogens is 3. The third-order valence-corrected chi connectivity index (χ3v) is 5.99. The van der Waals surface area contributed by atoms with E-state index < -0.39 is 0 Å². The molecule has 170 valence electrons. The van der Waals surface area contributed by atoms with Gasteiger partial charge in [-0.1, -0.05) is 17.7 Å². The van der Waals surface area contributed by atoms with Gasteiger partial charge in [0.05, 0.1) is 24.4 Å². The van der Waals surface area contributed by atoms with Crippen LogP contribution in [0.15, 0.2) is 23.2 Å². The van der Waals surface area contributed by atoms with E-state index in [2.05, 4.69) is 27.4 Å². The van der Waals surface area contributed by atoms with E-state index in [1.807, 2.05) is 6.92 Å². The lowest BCUT2D eigenvalue weighted by molar-refractivity contribution is -0.0343. The van der Waals surface area contributed by atoms with Gasteiger partial charge in [-0.05, 0) is 38.8 Å². The molecule has 3 atom stereocenters. The Kier molecular flexibility index (Phi) is 10.1. The van der Waals surface area contributed by atoms with Gasteiger partial charge in [0, 0.05) is 50.4 Å². The second-order valence-corrected chi connectivity index (χ2v) is 8.44. The number of benzene rings is 1. The first-order chi connectivity index (χ1) is 13.9. The summed E-state index contributed by atoms with van der Waals surface area (Å²) >= 11 is 6.41. The molecule has 2 fully saturated rings. The van der Waals surface area contributed by atoms with Gasteiger partial charge < -0.3 is 20.1 Å². The van der Waals surface area contributed by atoms with E-state index in [1.165, 1.54) is 6.07 Å². The van der Waals surface area contributed by atoms with E-state index in [1.54, 1.807) is 19.2 Å². The predicted molar refractivity (Wildman–Crippen MR) is 130 cm³/mol. The minimum absolute atomic E-state index is 0. The van der Waals surface area contributed by atoms with Gasteiger partial charge in [-0.3, -0.25) is 9.89 Å². The Morgan fingerprint density at radius 2 is 2.20 bits per heavy atom. The van der Waals surface area contributed by atoms with Crippen molar-refractivity contribution in [2.75, 3.05) is 46.4 Å². The van der Waals surface area contributed by atoms with Gasteiger partial charge in [0.1, 0.15) is 5.82 Å². The van der Waals surface area contributed by atoms with Crippen LogP contribution in [0.1, 0.15) is 38.3 Å². The number of guanidine groups is 1. The van der Waals surface area contributed by atoms with Crippen molar-refractivity contribution in [1.29, 1.82) is 0 Å². The molecule has 0 bridgehead atoms. The Bertz CT molecular complexity index is 698. The lowest BCUT2D eigenvalue weighted by atomic mass is 10.0. The lowest BCUT2D eigenvalue weighted by Gasteiger charge is -2.38. The third kappa shape index (κ3) is 6.66. The minimum atomic E-state index is -0.293. The van der Waals surface area contributed by atoms with Crippen molar-refractivity contribution >= 4 is 41.5 Å². The Labute approximate surface area is 200 Å². The number of morpholine rings is 1. The van der Waals surface area contributed by atoms with E-state index in [-0.39, 0.29) is 47.5 Å². The monoisotopic (exact) mass is 554 g/mol. The van der Waals surface area contributed by atoms with Gasteiger partial charge in [-0.2, -0.15) is 0 Å². The highest BCUT2D eigenvalue weighted by Crippen LogP contribution is 2.31. The second-order valence-electron chi connectivity index (χ2n) is 8.04. The molecule has 6 nitrogen and oxygen atoms in total. The van der Waals surface area contributed by atoms with Crippen LogP contribution in [-0.2, 0) is 9.47 Å². The number of ether oxygens (including phenoxy) is 2. The molecule has 2 N–H and O–H groups in total. The molecule has 2 aliphatic rings. The largest absolute Gasteiger partial charge is 0.376 e. The quantitative estimate of drug-likeness (QED) is 0.320. The molecule has 2 heterocycles. The molecule has 0 spiro atoms. The molecule has 9 heteroatoms. The summed E-state index contributed by atoms with van der Waals surface area (Å²) < 4.78 is 26.2. The third-order valence-electron chi connectivity index (χ3n) is 5.66. The summed E-state index contributed by atoms with van der Waals surface area (Å²) in [5.41, 5.74) is 0.336.